The summed E-state index contributed by atoms with van der Waals surface area (Å²) >= 11 is 0. The van der Waals surface area contributed by atoms with Crippen LogP contribution in [0, 0.1) is 10.1 Å². The molecule has 0 bridgehead atoms. The summed E-state index contributed by atoms with van der Waals surface area (Å²) < 4.78 is 0. The van der Waals surface area contributed by atoms with Crippen molar-refractivity contribution in [3.8, 4) is 0 Å². The van der Waals surface area contributed by atoms with E-state index >= 15 is 0 Å². The Labute approximate surface area is 110 Å². The maximum absolute atomic E-state index is 10.5. The summed E-state index contributed by atoms with van der Waals surface area (Å²) in [5.74, 6) is 0. The third-order valence-electron chi connectivity index (χ3n) is 2.45. The van der Waals surface area contributed by atoms with Gasteiger partial charge in [0.15, 0.2) is 0 Å². The minimum absolute atomic E-state index is 0.0577. The largest absolute Gasteiger partial charge is 0.391 e. The second-order valence-corrected chi connectivity index (χ2v) is 3.84. The van der Waals surface area contributed by atoms with E-state index in [2.05, 4.69) is 5.16 Å². The molecule has 0 saturated carbocycles. The van der Waals surface area contributed by atoms with Crippen molar-refractivity contribution in [1.82, 2.24) is 0 Å². The molecule has 0 spiro atoms. The number of hydrogen-bond acceptors (Lipinski definition) is 4. The number of hydrogen-bond donors (Lipinski definition) is 0. The monoisotopic (exact) mass is 256 g/mol. The zero-order chi connectivity index (χ0) is 13.5. The number of benzene rings is 2. The van der Waals surface area contributed by atoms with Gasteiger partial charge in [0.2, 0.25) is 0 Å². The van der Waals surface area contributed by atoms with Crippen LogP contribution in [-0.4, -0.2) is 11.1 Å². The van der Waals surface area contributed by atoms with E-state index in [0.717, 1.165) is 11.1 Å². The van der Waals surface area contributed by atoms with Gasteiger partial charge in [-0.1, -0.05) is 35.5 Å². The molecule has 0 aliphatic heterocycles. The van der Waals surface area contributed by atoms with Gasteiger partial charge in [0.25, 0.3) is 5.69 Å². The molecule has 2 aromatic carbocycles. The Hall–Kier alpha value is -2.69. The Kier molecular flexibility index (Phi) is 4.23. The molecule has 0 heterocycles. The van der Waals surface area contributed by atoms with E-state index in [0.29, 0.717) is 6.61 Å². The van der Waals surface area contributed by atoms with Crippen molar-refractivity contribution in [1.29, 1.82) is 0 Å². The lowest BCUT2D eigenvalue weighted by Gasteiger charge is -1.98. The first-order valence-corrected chi connectivity index (χ1v) is 5.69. The highest BCUT2D eigenvalue weighted by Gasteiger charge is 2.02. The molecule has 0 radical (unpaired) electrons. The van der Waals surface area contributed by atoms with Gasteiger partial charge in [-0.05, 0) is 23.3 Å². The van der Waals surface area contributed by atoms with Gasteiger partial charge in [-0.25, -0.2) is 0 Å². The first-order chi connectivity index (χ1) is 9.25. The highest BCUT2D eigenvalue weighted by atomic mass is 16.6. The highest BCUT2D eigenvalue weighted by molar-refractivity contribution is 5.79. The fourth-order valence-corrected chi connectivity index (χ4v) is 1.47. The number of oxime groups is 1. The lowest BCUT2D eigenvalue weighted by atomic mass is 10.2. The Balaban J connectivity index is 1.87. The Morgan fingerprint density at radius 2 is 1.79 bits per heavy atom. The summed E-state index contributed by atoms with van der Waals surface area (Å²) in [5.41, 5.74) is 1.84. The predicted octanol–water partition coefficient (Wildman–Crippen LogP) is 3.15. The lowest BCUT2D eigenvalue weighted by molar-refractivity contribution is -0.384. The fraction of sp³-hybridized carbons (Fsp3) is 0.0714. The van der Waals surface area contributed by atoms with Crippen LogP contribution in [0.5, 0.6) is 0 Å². The highest BCUT2D eigenvalue weighted by Crippen LogP contribution is 2.10. The van der Waals surface area contributed by atoms with Crippen LogP contribution < -0.4 is 0 Å². The molecule has 0 amide bonds. The number of non-ortho nitro benzene ring substituents is 1. The van der Waals surface area contributed by atoms with Crippen molar-refractivity contribution in [2.75, 3.05) is 0 Å². The third kappa shape index (κ3) is 3.92. The number of nitrogens with zero attached hydrogens (tertiary/aromatic N) is 2. The summed E-state index contributed by atoms with van der Waals surface area (Å²) in [5, 5.41) is 14.3. The minimum Gasteiger partial charge on any atom is -0.391 e. The molecule has 2 aromatic rings. The number of nitro groups is 1. The topological polar surface area (TPSA) is 64.7 Å². The van der Waals surface area contributed by atoms with E-state index in [-0.39, 0.29) is 5.69 Å². The molecule has 5 heteroatoms. The van der Waals surface area contributed by atoms with Gasteiger partial charge in [0, 0.05) is 12.1 Å². The molecule has 0 atom stereocenters. The summed E-state index contributed by atoms with van der Waals surface area (Å²) in [6, 6.07) is 15.8. The summed E-state index contributed by atoms with van der Waals surface area (Å²) in [7, 11) is 0. The van der Waals surface area contributed by atoms with E-state index in [4.69, 9.17) is 4.84 Å². The van der Waals surface area contributed by atoms with Crippen LogP contribution >= 0.6 is 0 Å². The lowest BCUT2D eigenvalue weighted by Crippen LogP contribution is -1.90. The molecule has 96 valence electrons. The van der Waals surface area contributed by atoms with Crippen molar-refractivity contribution < 1.29 is 9.76 Å². The quantitative estimate of drug-likeness (QED) is 0.469. The van der Waals surface area contributed by atoms with Crippen molar-refractivity contribution in [2.45, 2.75) is 6.61 Å². The molecule has 0 unspecified atom stereocenters. The zero-order valence-electron chi connectivity index (χ0n) is 10.1. The van der Waals surface area contributed by atoms with Crippen LogP contribution in [-0.2, 0) is 11.4 Å². The molecule has 0 aliphatic rings. The maximum atomic E-state index is 10.5. The van der Waals surface area contributed by atoms with Crippen LogP contribution in [0.25, 0.3) is 0 Å². The van der Waals surface area contributed by atoms with Gasteiger partial charge in [-0.3, -0.25) is 10.1 Å². The van der Waals surface area contributed by atoms with Crippen molar-refractivity contribution in [3.63, 3.8) is 0 Å². The van der Waals surface area contributed by atoms with E-state index < -0.39 is 4.92 Å². The second kappa shape index (κ2) is 6.30. The van der Waals surface area contributed by atoms with Gasteiger partial charge >= 0.3 is 0 Å². The Bertz CT molecular complexity index is 565. The molecule has 0 saturated heterocycles. The standard InChI is InChI=1S/C14H12N2O3/c17-16(18)14-8-6-12(7-9-14)10-15-19-11-13-4-2-1-3-5-13/h1-10H,11H2. The van der Waals surface area contributed by atoms with Gasteiger partial charge in [-0.2, -0.15) is 0 Å². The first kappa shape index (κ1) is 12.8. The smallest absolute Gasteiger partial charge is 0.269 e. The van der Waals surface area contributed by atoms with E-state index in [1.807, 2.05) is 30.3 Å². The normalized spacial score (nSPS) is 10.5. The Morgan fingerprint density at radius 1 is 1.11 bits per heavy atom. The van der Waals surface area contributed by atoms with Gasteiger partial charge in [0.1, 0.15) is 6.61 Å². The van der Waals surface area contributed by atoms with E-state index in [1.54, 1.807) is 12.1 Å². The second-order valence-electron chi connectivity index (χ2n) is 3.84. The molecular formula is C14H12N2O3. The van der Waals surface area contributed by atoms with Crippen molar-refractivity contribution in [2.24, 2.45) is 5.16 Å². The molecule has 19 heavy (non-hydrogen) atoms. The summed E-state index contributed by atoms with van der Waals surface area (Å²) in [4.78, 5) is 15.2. The van der Waals surface area contributed by atoms with E-state index in [1.165, 1.54) is 18.3 Å². The van der Waals surface area contributed by atoms with E-state index in [9.17, 15) is 10.1 Å². The van der Waals surface area contributed by atoms with Crippen LogP contribution in [0.1, 0.15) is 11.1 Å². The average Bonchev–Trinajstić information content (AvgIpc) is 2.45. The molecule has 0 fully saturated rings. The summed E-state index contributed by atoms with van der Waals surface area (Å²) in [6.45, 7) is 0.393. The molecule has 0 N–H and O–H groups in total. The molecule has 2 rings (SSSR count). The van der Waals surface area contributed by atoms with Crippen molar-refractivity contribution >= 4 is 11.9 Å². The predicted molar refractivity (Wildman–Crippen MR) is 71.9 cm³/mol. The molecular weight excluding hydrogens is 244 g/mol. The van der Waals surface area contributed by atoms with Crippen LogP contribution in [0.15, 0.2) is 59.8 Å². The molecule has 5 nitrogen and oxygen atoms in total. The van der Waals surface area contributed by atoms with Crippen LogP contribution in [0.4, 0.5) is 5.69 Å². The SMILES string of the molecule is O=[N+]([O-])c1ccc(C=NOCc2ccccc2)cc1. The molecule has 0 aliphatic carbocycles. The van der Waals surface area contributed by atoms with Crippen molar-refractivity contribution in [3.05, 3.63) is 75.8 Å². The maximum Gasteiger partial charge on any atom is 0.269 e. The van der Waals surface area contributed by atoms with Gasteiger partial charge in [0.05, 0.1) is 11.1 Å². The Morgan fingerprint density at radius 3 is 2.42 bits per heavy atom. The van der Waals surface area contributed by atoms with Gasteiger partial charge < -0.3 is 4.84 Å². The number of rotatable bonds is 5. The van der Waals surface area contributed by atoms with Crippen LogP contribution in [0.2, 0.25) is 0 Å². The number of nitro benzene ring substituents is 1. The van der Waals surface area contributed by atoms with Crippen LogP contribution in [0.3, 0.4) is 0 Å². The van der Waals surface area contributed by atoms with Gasteiger partial charge in [-0.15, -0.1) is 0 Å². The molecule has 0 aromatic heterocycles. The fourth-order valence-electron chi connectivity index (χ4n) is 1.47. The zero-order valence-corrected chi connectivity index (χ0v) is 10.1. The minimum atomic E-state index is -0.438. The average molecular weight is 256 g/mol. The summed E-state index contributed by atoms with van der Waals surface area (Å²) in [6.07, 6.45) is 1.52. The third-order valence-corrected chi connectivity index (χ3v) is 2.45. The first-order valence-electron chi connectivity index (χ1n) is 5.69.